The lowest BCUT2D eigenvalue weighted by atomic mass is 10.1. The number of hydrogen-bond acceptors (Lipinski definition) is 2. The van der Waals surface area contributed by atoms with Crippen LogP contribution in [0.25, 0.3) is 0 Å². The van der Waals surface area contributed by atoms with Crippen molar-refractivity contribution in [3.8, 4) is 0 Å². The van der Waals surface area contributed by atoms with Crippen LogP contribution in [0.5, 0.6) is 0 Å². The summed E-state index contributed by atoms with van der Waals surface area (Å²) in [5.74, 6) is -0.272. The maximum absolute atomic E-state index is 11.2. The molecule has 12 heavy (non-hydrogen) atoms. The third-order valence-electron chi connectivity index (χ3n) is 1.60. The molecule has 0 saturated heterocycles. The maximum Gasteiger partial charge on any atom is 0.338 e. The highest BCUT2D eigenvalue weighted by Gasteiger charge is 2.08. The van der Waals surface area contributed by atoms with Gasteiger partial charge in [0.05, 0.1) is 12.7 Å². The Morgan fingerprint density at radius 2 is 2.17 bits per heavy atom. The summed E-state index contributed by atoms with van der Waals surface area (Å²) >= 11 is 2.16. The molecule has 0 aliphatic carbocycles. The second kappa shape index (κ2) is 3.89. The van der Waals surface area contributed by atoms with Gasteiger partial charge in [0.25, 0.3) is 0 Å². The molecule has 2 nitrogen and oxygen atoms in total. The Morgan fingerprint density at radius 3 is 2.75 bits per heavy atom. The van der Waals surface area contributed by atoms with Crippen LogP contribution in [0.4, 0.5) is 0 Å². The number of aryl methyl sites for hydroxylation is 1. The van der Waals surface area contributed by atoms with Crippen molar-refractivity contribution in [1.82, 2.24) is 0 Å². The minimum Gasteiger partial charge on any atom is -0.465 e. The van der Waals surface area contributed by atoms with E-state index in [1.54, 1.807) is 0 Å². The standard InChI is InChI=1S/C9H9IO2/c1-6-3-4-7(10)5-8(6)9(11)12-2/h3-5H,1-2H3. The Hall–Kier alpha value is -0.580. The van der Waals surface area contributed by atoms with Gasteiger partial charge in [-0.2, -0.15) is 0 Å². The molecular formula is C9H9IO2. The first-order valence-corrected chi connectivity index (χ1v) is 4.57. The second-order valence-corrected chi connectivity index (χ2v) is 3.70. The summed E-state index contributed by atoms with van der Waals surface area (Å²) in [4.78, 5) is 11.2. The molecule has 0 fully saturated rings. The second-order valence-electron chi connectivity index (χ2n) is 2.45. The van der Waals surface area contributed by atoms with Crippen molar-refractivity contribution in [2.75, 3.05) is 7.11 Å². The number of hydrogen-bond donors (Lipinski definition) is 0. The fourth-order valence-electron chi connectivity index (χ4n) is 0.924. The van der Waals surface area contributed by atoms with Gasteiger partial charge in [-0.15, -0.1) is 0 Å². The lowest BCUT2D eigenvalue weighted by molar-refractivity contribution is 0.0600. The van der Waals surface area contributed by atoms with Gasteiger partial charge in [-0.05, 0) is 47.2 Å². The molecule has 0 radical (unpaired) electrons. The number of carbonyl (C=O) groups is 1. The van der Waals surface area contributed by atoms with Gasteiger partial charge in [-0.1, -0.05) is 6.07 Å². The van der Waals surface area contributed by atoms with Crippen LogP contribution >= 0.6 is 22.6 Å². The van der Waals surface area contributed by atoms with E-state index in [9.17, 15) is 4.79 Å². The fraction of sp³-hybridized carbons (Fsp3) is 0.222. The Bertz CT molecular complexity index is 307. The van der Waals surface area contributed by atoms with Crippen LogP contribution in [-0.4, -0.2) is 13.1 Å². The highest BCUT2D eigenvalue weighted by molar-refractivity contribution is 14.1. The van der Waals surface area contributed by atoms with E-state index < -0.39 is 0 Å². The van der Waals surface area contributed by atoms with E-state index in [2.05, 4.69) is 27.3 Å². The summed E-state index contributed by atoms with van der Waals surface area (Å²) in [6, 6.07) is 5.69. The Kier molecular flexibility index (Phi) is 3.08. The number of benzene rings is 1. The van der Waals surface area contributed by atoms with Crippen LogP contribution < -0.4 is 0 Å². The van der Waals surface area contributed by atoms with Gasteiger partial charge in [-0.3, -0.25) is 0 Å². The first-order valence-electron chi connectivity index (χ1n) is 3.49. The van der Waals surface area contributed by atoms with Gasteiger partial charge in [0.1, 0.15) is 0 Å². The molecule has 0 saturated carbocycles. The molecule has 0 aromatic heterocycles. The molecule has 0 aliphatic heterocycles. The van der Waals surface area contributed by atoms with Crippen molar-refractivity contribution in [1.29, 1.82) is 0 Å². The van der Waals surface area contributed by atoms with E-state index in [1.807, 2.05) is 25.1 Å². The molecule has 1 rings (SSSR count). The molecule has 1 aromatic rings. The number of carbonyl (C=O) groups excluding carboxylic acids is 1. The molecule has 0 aliphatic rings. The summed E-state index contributed by atoms with van der Waals surface area (Å²) in [6.45, 7) is 1.89. The van der Waals surface area contributed by atoms with Gasteiger partial charge < -0.3 is 4.74 Å². The molecule has 3 heteroatoms. The summed E-state index contributed by atoms with van der Waals surface area (Å²) in [5, 5.41) is 0. The van der Waals surface area contributed by atoms with Gasteiger partial charge in [0.2, 0.25) is 0 Å². The van der Waals surface area contributed by atoms with E-state index in [-0.39, 0.29) is 5.97 Å². The van der Waals surface area contributed by atoms with Crippen molar-refractivity contribution in [2.24, 2.45) is 0 Å². The Morgan fingerprint density at radius 1 is 1.50 bits per heavy atom. The Balaban J connectivity index is 3.13. The summed E-state index contributed by atoms with van der Waals surface area (Å²) in [7, 11) is 1.39. The third-order valence-corrected chi connectivity index (χ3v) is 2.28. The molecule has 0 amide bonds. The van der Waals surface area contributed by atoms with Crippen molar-refractivity contribution in [3.05, 3.63) is 32.9 Å². The molecular weight excluding hydrogens is 267 g/mol. The quantitative estimate of drug-likeness (QED) is 0.581. The highest BCUT2D eigenvalue weighted by Crippen LogP contribution is 2.13. The van der Waals surface area contributed by atoms with Crippen LogP contribution in [0.3, 0.4) is 0 Å². The predicted octanol–water partition coefficient (Wildman–Crippen LogP) is 2.39. The lowest BCUT2D eigenvalue weighted by Gasteiger charge is -2.03. The maximum atomic E-state index is 11.2. The number of methoxy groups -OCH3 is 1. The minimum absolute atomic E-state index is 0.272. The third kappa shape index (κ3) is 1.97. The smallest absolute Gasteiger partial charge is 0.338 e. The number of halogens is 1. The molecule has 0 unspecified atom stereocenters. The van der Waals surface area contributed by atoms with E-state index in [0.717, 1.165) is 9.13 Å². The van der Waals surface area contributed by atoms with Gasteiger partial charge in [-0.25, -0.2) is 4.79 Å². The first kappa shape index (κ1) is 9.51. The van der Waals surface area contributed by atoms with Crippen LogP contribution in [0.2, 0.25) is 0 Å². The highest BCUT2D eigenvalue weighted by atomic mass is 127. The van der Waals surface area contributed by atoms with Crippen LogP contribution in [-0.2, 0) is 4.74 Å². The molecule has 64 valence electrons. The fourth-order valence-corrected chi connectivity index (χ4v) is 1.42. The normalized spacial score (nSPS) is 9.58. The minimum atomic E-state index is -0.272. The largest absolute Gasteiger partial charge is 0.465 e. The summed E-state index contributed by atoms with van der Waals surface area (Å²) in [5.41, 5.74) is 1.59. The lowest BCUT2D eigenvalue weighted by Crippen LogP contribution is -2.03. The summed E-state index contributed by atoms with van der Waals surface area (Å²) in [6.07, 6.45) is 0. The molecule has 0 N–H and O–H groups in total. The van der Waals surface area contributed by atoms with Crippen molar-refractivity contribution < 1.29 is 9.53 Å². The molecule has 0 bridgehead atoms. The summed E-state index contributed by atoms with van der Waals surface area (Å²) < 4.78 is 5.67. The van der Waals surface area contributed by atoms with Gasteiger partial charge in [0, 0.05) is 3.57 Å². The van der Waals surface area contributed by atoms with Crippen LogP contribution in [0, 0.1) is 10.5 Å². The first-order chi connectivity index (χ1) is 5.65. The SMILES string of the molecule is COC(=O)c1cc(I)ccc1C. The number of esters is 1. The zero-order chi connectivity index (χ0) is 9.14. The van der Waals surface area contributed by atoms with E-state index in [4.69, 9.17) is 0 Å². The monoisotopic (exact) mass is 276 g/mol. The van der Waals surface area contributed by atoms with E-state index >= 15 is 0 Å². The van der Waals surface area contributed by atoms with Gasteiger partial charge >= 0.3 is 5.97 Å². The van der Waals surface area contributed by atoms with Crippen molar-refractivity contribution >= 4 is 28.6 Å². The topological polar surface area (TPSA) is 26.3 Å². The zero-order valence-corrected chi connectivity index (χ0v) is 9.08. The average Bonchev–Trinajstić information content (AvgIpc) is 2.08. The van der Waals surface area contributed by atoms with E-state index in [0.29, 0.717) is 5.56 Å². The molecule has 0 spiro atoms. The molecule has 1 aromatic carbocycles. The van der Waals surface area contributed by atoms with Gasteiger partial charge in [0.15, 0.2) is 0 Å². The van der Waals surface area contributed by atoms with Crippen LogP contribution in [0.1, 0.15) is 15.9 Å². The number of rotatable bonds is 1. The predicted molar refractivity (Wildman–Crippen MR) is 55.2 cm³/mol. The number of ether oxygens (including phenoxy) is 1. The van der Waals surface area contributed by atoms with Crippen molar-refractivity contribution in [2.45, 2.75) is 6.92 Å². The zero-order valence-electron chi connectivity index (χ0n) is 6.93. The van der Waals surface area contributed by atoms with Crippen molar-refractivity contribution in [3.63, 3.8) is 0 Å². The van der Waals surface area contributed by atoms with Crippen LogP contribution in [0.15, 0.2) is 18.2 Å². The molecule has 0 heterocycles. The average molecular weight is 276 g/mol. The van der Waals surface area contributed by atoms with E-state index in [1.165, 1.54) is 7.11 Å². The molecule has 0 atom stereocenters. The Labute approximate surface area is 85.1 Å².